The van der Waals surface area contributed by atoms with E-state index < -0.39 is 5.91 Å². The van der Waals surface area contributed by atoms with E-state index in [1.807, 2.05) is 6.92 Å². The fraction of sp³-hybridized carbons (Fsp3) is 0.364. The van der Waals surface area contributed by atoms with E-state index in [-0.39, 0.29) is 5.69 Å². The number of nitrogens with two attached hydrogens (primary N) is 1. The molecule has 0 unspecified atom stereocenters. The molecule has 0 spiro atoms. The van der Waals surface area contributed by atoms with Crippen LogP contribution in [0.1, 0.15) is 17.4 Å². The predicted octanol–water partition coefficient (Wildman–Crippen LogP) is 0.580. The average molecular weight is 236 g/mol. The quantitative estimate of drug-likeness (QED) is 0.534. The summed E-state index contributed by atoms with van der Waals surface area (Å²) in [5, 5.41) is 10.5. The van der Waals surface area contributed by atoms with Gasteiger partial charge in [-0.15, -0.1) is 10.2 Å². The highest BCUT2D eigenvalue weighted by Gasteiger charge is 2.02. The largest absolute Gasteiger partial charge is 0.375 e. The van der Waals surface area contributed by atoms with Crippen molar-refractivity contribution >= 4 is 11.7 Å². The van der Waals surface area contributed by atoms with Gasteiger partial charge in [-0.2, -0.15) is 0 Å². The van der Waals surface area contributed by atoms with E-state index in [0.29, 0.717) is 25.6 Å². The molecule has 3 N–H and O–H groups in total. The van der Waals surface area contributed by atoms with E-state index in [2.05, 4.69) is 22.1 Å². The van der Waals surface area contributed by atoms with Crippen LogP contribution in [0.5, 0.6) is 0 Å². The minimum absolute atomic E-state index is 0.147. The van der Waals surface area contributed by atoms with E-state index in [4.69, 9.17) is 10.5 Å². The first-order chi connectivity index (χ1) is 8.09. The van der Waals surface area contributed by atoms with Gasteiger partial charge in [-0.25, -0.2) is 0 Å². The van der Waals surface area contributed by atoms with Crippen LogP contribution in [0.2, 0.25) is 0 Å². The van der Waals surface area contributed by atoms with Crippen LogP contribution in [0.15, 0.2) is 24.3 Å². The van der Waals surface area contributed by atoms with E-state index in [0.717, 1.165) is 5.57 Å². The van der Waals surface area contributed by atoms with E-state index in [9.17, 15) is 4.79 Å². The number of aromatic nitrogens is 2. The summed E-state index contributed by atoms with van der Waals surface area (Å²) in [5.41, 5.74) is 6.17. The molecule has 0 aliphatic heterocycles. The number of primary amides is 1. The SMILES string of the molecule is C=C(C)COCCNc1ccc(C(N)=O)nn1. The van der Waals surface area contributed by atoms with E-state index in [1.54, 1.807) is 6.07 Å². The Morgan fingerprint density at radius 1 is 1.53 bits per heavy atom. The van der Waals surface area contributed by atoms with Crippen LogP contribution in [0, 0.1) is 0 Å². The number of hydrogen-bond acceptors (Lipinski definition) is 5. The lowest BCUT2D eigenvalue weighted by atomic mass is 10.4. The second-order valence-corrected chi connectivity index (χ2v) is 3.60. The molecule has 6 nitrogen and oxygen atoms in total. The summed E-state index contributed by atoms with van der Waals surface area (Å²) < 4.78 is 5.29. The van der Waals surface area contributed by atoms with Crippen molar-refractivity contribution in [2.45, 2.75) is 6.92 Å². The van der Waals surface area contributed by atoms with Crippen molar-refractivity contribution in [1.29, 1.82) is 0 Å². The molecule has 0 aromatic carbocycles. The standard InChI is InChI=1S/C11H16N4O2/c1-8(2)7-17-6-5-13-10-4-3-9(11(12)16)14-15-10/h3-4H,1,5-7H2,2H3,(H2,12,16)(H,13,15). The summed E-state index contributed by atoms with van der Waals surface area (Å²) in [4.78, 5) is 10.7. The molecule has 0 saturated carbocycles. The topological polar surface area (TPSA) is 90.1 Å². The summed E-state index contributed by atoms with van der Waals surface area (Å²) in [6.07, 6.45) is 0. The number of carbonyl (C=O) groups excluding carboxylic acids is 1. The van der Waals surface area contributed by atoms with Gasteiger partial charge in [-0.1, -0.05) is 12.2 Å². The van der Waals surface area contributed by atoms with Crippen molar-refractivity contribution in [3.05, 3.63) is 30.0 Å². The molecule has 0 bridgehead atoms. The van der Waals surface area contributed by atoms with Gasteiger partial charge in [0.25, 0.3) is 5.91 Å². The molecule has 1 aromatic rings. The Hall–Kier alpha value is -1.95. The number of amides is 1. The third-order valence-corrected chi connectivity index (χ3v) is 1.82. The second kappa shape index (κ2) is 6.59. The fourth-order valence-corrected chi connectivity index (χ4v) is 1.06. The fourth-order valence-electron chi connectivity index (χ4n) is 1.06. The highest BCUT2D eigenvalue weighted by Crippen LogP contribution is 2.00. The van der Waals surface area contributed by atoms with Crippen molar-refractivity contribution in [2.75, 3.05) is 25.1 Å². The minimum atomic E-state index is -0.589. The summed E-state index contributed by atoms with van der Waals surface area (Å²) in [6.45, 7) is 7.34. The Balaban J connectivity index is 2.27. The summed E-state index contributed by atoms with van der Waals surface area (Å²) in [5.74, 6) is -0.0113. The average Bonchev–Trinajstić information content (AvgIpc) is 2.29. The molecule has 1 rings (SSSR count). The normalized spacial score (nSPS) is 9.94. The van der Waals surface area contributed by atoms with Gasteiger partial charge in [-0.3, -0.25) is 4.79 Å². The van der Waals surface area contributed by atoms with E-state index in [1.165, 1.54) is 6.07 Å². The molecule has 92 valence electrons. The number of rotatable bonds is 7. The summed E-state index contributed by atoms with van der Waals surface area (Å²) in [6, 6.07) is 3.16. The third kappa shape index (κ3) is 5.07. The molecule has 17 heavy (non-hydrogen) atoms. The Bertz CT molecular complexity index is 389. The highest BCUT2D eigenvalue weighted by molar-refractivity contribution is 5.90. The molecule has 1 amide bonds. The van der Waals surface area contributed by atoms with Crippen LogP contribution in [0.4, 0.5) is 5.82 Å². The first kappa shape index (κ1) is 13.1. The molecule has 1 heterocycles. The molecule has 0 aliphatic carbocycles. The van der Waals surface area contributed by atoms with Gasteiger partial charge in [0.05, 0.1) is 13.2 Å². The van der Waals surface area contributed by atoms with Crippen molar-refractivity contribution in [3.63, 3.8) is 0 Å². The van der Waals surface area contributed by atoms with Gasteiger partial charge in [0.1, 0.15) is 5.82 Å². The summed E-state index contributed by atoms with van der Waals surface area (Å²) >= 11 is 0. The maximum Gasteiger partial charge on any atom is 0.269 e. The van der Waals surface area contributed by atoms with Crippen LogP contribution in [0.25, 0.3) is 0 Å². The molecule has 0 fully saturated rings. The monoisotopic (exact) mass is 236 g/mol. The van der Waals surface area contributed by atoms with Crippen molar-refractivity contribution in [2.24, 2.45) is 5.73 Å². The van der Waals surface area contributed by atoms with Gasteiger partial charge < -0.3 is 15.8 Å². The molecule has 6 heteroatoms. The number of hydrogen-bond donors (Lipinski definition) is 2. The number of nitrogens with zero attached hydrogens (tertiary/aromatic N) is 2. The number of anilines is 1. The van der Waals surface area contributed by atoms with Gasteiger partial charge in [0, 0.05) is 6.54 Å². The number of nitrogens with one attached hydrogen (secondary N) is 1. The number of carbonyl (C=O) groups is 1. The molecule has 0 aliphatic rings. The van der Waals surface area contributed by atoms with Crippen LogP contribution in [-0.2, 0) is 4.74 Å². The van der Waals surface area contributed by atoms with Gasteiger partial charge in [0.2, 0.25) is 0 Å². The lowest BCUT2D eigenvalue weighted by Crippen LogP contribution is -2.15. The van der Waals surface area contributed by atoms with Crippen LogP contribution < -0.4 is 11.1 Å². The molecule has 0 atom stereocenters. The first-order valence-corrected chi connectivity index (χ1v) is 5.19. The van der Waals surface area contributed by atoms with Crippen LogP contribution >= 0.6 is 0 Å². The Morgan fingerprint density at radius 2 is 2.29 bits per heavy atom. The van der Waals surface area contributed by atoms with Crippen molar-refractivity contribution in [3.8, 4) is 0 Å². The van der Waals surface area contributed by atoms with Crippen molar-refractivity contribution < 1.29 is 9.53 Å². The summed E-state index contributed by atoms with van der Waals surface area (Å²) in [7, 11) is 0. The maximum absolute atomic E-state index is 10.7. The second-order valence-electron chi connectivity index (χ2n) is 3.60. The first-order valence-electron chi connectivity index (χ1n) is 5.19. The van der Waals surface area contributed by atoms with Crippen molar-refractivity contribution in [1.82, 2.24) is 10.2 Å². The highest BCUT2D eigenvalue weighted by atomic mass is 16.5. The van der Waals surface area contributed by atoms with Crippen LogP contribution in [-0.4, -0.2) is 35.9 Å². The molecule has 0 radical (unpaired) electrons. The maximum atomic E-state index is 10.7. The van der Waals surface area contributed by atoms with Gasteiger partial charge in [0.15, 0.2) is 5.69 Å². The molecule has 0 saturated heterocycles. The zero-order chi connectivity index (χ0) is 12.7. The Morgan fingerprint density at radius 3 is 2.82 bits per heavy atom. The number of ether oxygens (including phenoxy) is 1. The zero-order valence-corrected chi connectivity index (χ0v) is 9.77. The van der Waals surface area contributed by atoms with Gasteiger partial charge >= 0.3 is 0 Å². The Kier molecular flexibility index (Phi) is 5.09. The zero-order valence-electron chi connectivity index (χ0n) is 9.77. The lowest BCUT2D eigenvalue weighted by molar-refractivity contribution is 0.0994. The predicted molar refractivity (Wildman–Crippen MR) is 64.7 cm³/mol. The van der Waals surface area contributed by atoms with Gasteiger partial charge in [-0.05, 0) is 19.1 Å². The molecular formula is C11H16N4O2. The molecule has 1 aromatic heterocycles. The smallest absolute Gasteiger partial charge is 0.269 e. The minimum Gasteiger partial charge on any atom is -0.375 e. The van der Waals surface area contributed by atoms with E-state index >= 15 is 0 Å². The Labute approximate surface area is 99.9 Å². The molecular weight excluding hydrogens is 220 g/mol. The lowest BCUT2D eigenvalue weighted by Gasteiger charge is -2.06. The third-order valence-electron chi connectivity index (χ3n) is 1.82. The van der Waals surface area contributed by atoms with Crippen LogP contribution in [0.3, 0.4) is 0 Å².